The average Bonchev–Trinajstić information content (AvgIpc) is 2.76. The number of benzene rings is 1. The minimum absolute atomic E-state index is 0.265. The highest BCUT2D eigenvalue weighted by atomic mass is 32.1. The number of methoxy groups -OCH3 is 1. The van der Waals surface area contributed by atoms with Gasteiger partial charge in [0.25, 0.3) is 0 Å². The Bertz CT molecular complexity index is 405. The third-order valence-corrected chi connectivity index (χ3v) is 3.22. The number of ether oxygens (including phenoxy) is 2. The molecule has 0 N–H and O–H groups in total. The van der Waals surface area contributed by atoms with E-state index in [1.54, 1.807) is 7.11 Å². The lowest BCUT2D eigenvalue weighted by atomic mass is 10.2. The summed E-state index contributed by atoms with van der Waals surface area (Å²) >= 11 is 4.97. The molecule has 1 aromatic rings. The lowest BCUT2D eigenvalue weighted by Gasteiger charge is -2.16. The topological polar surface area (TPSA) is 21.7 Å². The molecular formula is C14H19NO2S. The molecule has 1 saturated heterocycles. The van der Waals surface area contributed by atoms with Gasteiger partial charge in [-0.1, -0.05) is 12.1 Å². The molecule has 0 aliphatic carbocycles. The van der Waals surface area contributed by atoms with Crippen LogP contribution in [-0.2, 0) is 11.3 Å². The Kier molecular flexibility index (Phi) is 4.55. The Morgan fingerprint density at radius 3 is 2.72 bits per heavy atom. The van der Waals surface area contributed by atoms with Crippen molar-refractivity contribution >= 4 is 17.3 Å². The van der Waals surface area contributed by atoms with Crippen LogP contribution in [-0.4, -0.2) is 36.3 Å². The smallest absolute Gasteiger partial charge is 0.157 e. The fourth-order valence-corrected chi connectivity index (χ4v) is 2.40. The van der Waals surface area contributed by atoms with Crippen molar-refractivity contribution in [1.29, 1.82) is 0 Å². The molecule has 1 aliphatic rings. The first-order chi connectivity index (χ1) is 8.67. The zero-order valence-electron chi connectivity index (χ0n) is 10.9. The summed E-state index contributed by atoms with van der Waals surface area (Å²) in [6.45, 7) is 4.82. The van der Waals surface area contributed by atoms with Gasteiger partial charge in [0.15, 0.2) is 5.05 Å². The predicted octanol–water partition coefficient (Wildman–Crippen LogP) is 2.63. The van der Waals surface area contributed by atoms with Crippen LogP contribution in [0.25, 0.3) is 0 Å². The maximum atomic E-state index is 5.59. The van der Waals surface area contributed by atoms with E-state index in [4.69, 9.17) is 21.7 Å². The van der Waals surface area contributed by atoms with Crippen molar-refractivity contribution in [2.24, 2.45) is 0 Å². The monoisotopic (exact) mass is 265 g/mol. The minimum atomic E-state index is 0.265. The largest absolute Gasteiger partial charge is 0.497 e. The van der Waals surface area contributed by atoms with E-state index in [9.17, 15) is 0 Å². The maximum absolute atomic E-state index is 5.59. The molecule has 18 heavy (non-hydrogen) atoms. The average molecular weight is 265 g/mol. The second-order valence-corrected chi connectivity index (χ2v) is 5.18. The Morgan fingerprint density at radius 2 is 2.11 bits per heavy atom. The molecular weight excluding hydrogens is 246 g/mol. The molecule has 0 spiro atoms. The summed E-state index contributed by atoms with van der Waals surface area (Å²) in [6, 6.07) is 8.22. The van der Waals surface area contributed by atoms with Crippen LogP contribution >= 0.6 is 12.2 Å². The van der Waals surface area contributed by atoms with Crippen LogP contribution in [0.2, 0.25) is 0 Å². The van der Waals surface area contributed by atoms with Crippen LogP contribution in [0, 0.1) is 0 Å². The number of likely N-dealkylation sites (tertiary alicyclic amines) is 1. The van der Waals surface area contributed by atoms with Gasteiger partial charge in [0.05, 0.1) is 7.11 Å². The highest BCUT2D eigenvalue weighted by Crippen LogP contribution is 2.18. The zero-order chi connectivity index (χ0) is 13.0. The molecule has 3 nitrogen and oxygen atoms in total. The molecule has 98 valence electrons. The molecule has 1 atom stereocenters. The van der Waals surface area contributed by atoms with Gasteiger partial charge in [0.2, 0.25) is 0 Å². The Balaban J connectivity index is 1.85. The Labute approximate surface area is 114 Å². The summed E-state index contributed by atoms with van der Waals surface area (Å²) in [4.78, 5) is 2.39. The first-order valence-electron chi connectivity index (χ1n) is 6.20. The molecule has 0 bridgehead atoms. The van der Waals surface area contributed by atoms with Gasteiger partial charge in [-0.15, -0.1) is 0 Å². The first kappa shape index (κ1) is 13.3. The number of nitrogens with zero attached hydrogens (tertiary/aromatic N) is 1. The molecule has 2 rings (SSSR count). The maximum Gasteiger partial charge on any atom is 0.157 e. The van der Waals surface area contributed by atoms with Crippen molar-refractivity contribution in [2.45, 2.75) is 26.0 Å². The Hall–Kier alpha value is -1.13. The van der Waals surface area contributed by atoms with E-state index in [2.05, 4.69) is 17.0 Å². The second-order valence-electron chi connectivity index (χ2n) is 4.60. The SMILES string of the molecule is COc1ccc(CN2CC[C@H](OC(C)=S)C2)cc1. The van der Waals surface area contributed by atoms with E-state index in [0.717, 1.165) is 31.8 Å². The minimum Gasteiger partial charge on any atom is -0.497 e. The van der Waals surface area contributed by atoms with E-state index < -0.39 is 0 Å². The molecule has 0 saturated carbocycles. The zero-order valence-corrected chi connectivity index (χ0v) is 11.7. The lowest BCUT2D eigenvalue weighted by molar-refractivity contribution is 0.190. The van der Waals surface area contributed by atoms with Gasteiger partial charge in [-0.05, 0) is 36.3 Å². The molecule has 0 aromatic heterocycles. The van der Waals surface area contributed by atoms with Crippen LogP contribution in [0.4, 0.5) is 0 Å². The molecule has 0 radical (unpaired) electrons. The van der Waals surface area contributed by atoms with Gasteiger partial charge in [0.1, 0.15) is 11.9 Å². The predicted molar refractivity (Wildman–Crippen MR) is 76.0 cm³/mol. The number of hydrogen-bond acceptors (Lipinski definition) is 4. The van der Waals surface area contributed by atoms with Gasteiger partial charge in [-0.3, -0.25) is 4.90 Å². The molecule has 1 aromatic carbocycles. The second kappa shape index (κ2) is 6.16. The standard InChI is InChI=1S/C14H19NO2S/c1-11(18)17-14-7-8-15(10-14)9-12-3-5-13(16-2)6-4-12/h3-6,14H,7-10H2,1-2H3/t14-/m0/s1. The van der Waals surface area contributed by atoms with Crippen molar-refractivity contribution in [3.8, 4) is 5.75 Å². The first-order valence-corrected chi connectivity index (χ1v) is 6.60. The third-order valence-electron chi connectivity index (χ3n) is 3.13. The summed E-state index contributed by atoms with van der Waals surface area (Å²) in [5, 5.41) is 0.645. The lowest BCUT2D eigenvalue weighted by Crippen LogP contribution is -2.23. The number of rotatable bonds is 4. The summed E-state index contributed by atoms with van der Waals surface area (Å²) in [6.07, 6.45) is 1.32. The van der Waals surface area contributed by atoms with Crippen LogP contribution < -0.4 is 4.74 Å². The summed E-state index contributed by atoms with van der Waals surface area (Å²) in [7, 11) is 1.69. The summed E-state index contributed by atoms with van der Waals surface area (Å²) in [5.74, 6) is 0.901. The summed E-state index contributed by atoms with van der Waals surface area (Å²) < 4.78 is 10.7. The van der Waals surface area contributed by atoms with Gasteiger partial charge >= 0.3 is 0 Å². The van der Waals surface area contributed by atoms with Crippen molar-refractivity contribution in [3.63, 3.8) is 0 Å². The molecule has 4 heteroatoms. The highest BCUT2D eigenvalue weighted by molar-refractivity contribution is 7.80. The summed E-state index contributed by atoms with van der Waals surface area (Å²) in [5.41, 5.74) is 1.30. The third kappa shape index (κ3) is 3.68. The van der Waals surface area contributed by atoms with Crippen molar-refractivity contribution < 1.29 is 9.47 Å². The number of thiocarbonyl (C=S) groups is 1. The van der Waals surface area contributed by atoms with Gasteiger partial charge in [-0.25, -0.2) is 0 Å². The molecule has 1 fully saturated rings. The highest BCUT2D eigenvalue weighted by Gasteiger charge is 2.23. The fraction of sp³-hybridized carbons (Fsp3) is 0.500. The number of hydrogen-bond donors (Lipinski definition) is 0. The van der Waals surface area contributed by atoms with Gasteiger partial charge in [-0.2, -0.15) is 0 Å². The normalized spacial score (nSPS) is 19.8. The van der Waals surface area contributed by atoms with Gasteiger partial charge < -0.3 is 9.47 Å². The van der Waals surface area contributed by atoms with Crippen LogP contribution in [0.3, 0.4) is 0 Å². The van der Waals surface area contributed by atoms with E-state index in [0.29, 0.717) is 5.05 Å². The van der Waals surface area contributed by atoms with E-state index >= 15 is 0 Å². The van der Waals surface area contributed by atoms with Gasteiger partial charge in [0, 0.05) is 26.6 Å². The molecule has 0 unspecified atom stereocenters. The van der Waals surface area contributed by atoms with E-state index in [-0.39, 0.29) is 6.10 Å². The van der Waals surface area contributed by atoms with Crippen molar-refractivity contribution in [2.75, 3.05) is 20.2 Å². The quantitative estimate of drug-likeness (QED) is 0.780. The van der Waals surface area contributed by atoms with Crippen LogP contribution in [0.1, 0.15) is 18.9 Å². The molecule has 0 amide bonds. The molecule has 1 heterocycles. The molecule has 1 aliphatic heterocycles. The van der Waals surface area contributed by atoms with Crippen molar-refractivity contribution in [3.05, 3.63) is 29.8 Å². The van der Waals surface area contributed by atoms with E-state index in [1.165, 1.54) is 5.56 Å². The van der Waals surface area contributed by atoms with Crippen LogP contribution in [0.15, 0.2) is 24.3 Å². The van der Waals surface area contributed by atoms with E-state index in [1.807, 2.05) is 19.1 Å². The fourth-order valence-electron chi connectivity index (χ4n) is 2.26. The Morgan fingerprint density at radius 1 is 1.39 bits per heavy atom. The van der Waals surface area contributed by atoms with Crippen molar-refractivity contribution in [1.82, 2.24) is 4.90 Å². The van der Waals surface area contributed by atoms with Crippen LogP contribution in [0.5, 0.6) is 5.75 Å².